The molecule has 0 saturated carbocycles. The summed E-state index contributed by atoms with van der Waals surface area (Å²) in [7, 11) is 0. The van der Waals surface area contributed by atoms with E-state index in [-0.39, 0.29) is 56.1 Å². The van der Waals surface area contributed by atoms with Gasteiger partial charge in [0.1, 0.15) is 48.3 Å². The molecule has 24 nitrogen and oxygen atoms in total. The number of benzene rings is 2. The summed E-state index contributed by atoms with van der Waals surface area (Å²) in [6, 6.07) is 5.52. The number of carbonyl (C=O) groups is 9. The Labute approximate surface area is 444 Å². The largest absolute Gasteiger partial charge is 0.480 e. The number of aromatic nitrogens is 3. The number of aliphatic carboxylic acids is 1. The smallest absolute Gasteiger partial charge is 0.327 e. The molecule has 2 heterocycles. The minimum Gasteiger partial charge on any atom is -0.480 e. The summed E-state index contributed by atoms with van der Waals surface area (Å²) in [6.07, 6.45) is 5.84. The first-order valence-corrected chi connectivity index (χ1v) is 25.6. The first-order valence-electron chi connectivity index (χ1n) is 24.3. The van der Waals surface area contributed by atoms with E-state index in [9.17, 15) is 48.3 Å². The Morgan fingerprint density at radius 2 is 1.15 bits per heavy atom. The van der Waals surface area contributed by atoms with E-state index >= 15 is 0 Å². The van der Waals surface area contributed by atoms with E-state index < -0.39 is 102 Å². The summed E-state index contributed by atoms with van der Waals surface area (Å²) in [5.74, 6) is -7.97. The normalized spacial score (nSPS) is 14.2. The van der Waals surface area contributed by atoms with Gasteiger partial charge in [0.2, 0.25) is 47.3 Å². The van der Waals surface area contributed by atoms with E-state index in [2.05, 4.69) is 87.7 Å². The zero-order valence-electron chi connectivity index (χ0n) is 41.9. The number of thiol groups is 2. The number of carboxylic acid groups (broad SMARTS) is 1. The minimum absolute atomic E-state index is 0.0387. The molecule has 0 spiro atoms. The van der Waals surface area contributed by atoms with Gasteiger partial charge in [-0.2, -0.15) is 25.3 Å². The van der Waals surface area contributed by atoms with Crippen molar-refractivity contribution in [3.8, 4) is 0 Å². The molecule has 2 aromatic carbocycles. The van der Waals surface area contributed by atoms with Crippen molar-refractivity contribution >= 4 is 95.3 Å². The van der Waals surface area contributed by atoms with Crippen LogP contribution in [0.5, 0.6) is 0 Å². The fourth-order valence-corrected chi connectivity index (χ4v) is 8.23. The molecule has 0 saturated heterocycles. The number of aliphatic imine (C=N–C) groups is 1. The number of H-pyrrole nitrogens is 2. The number of guanidine groups is 1. The van der Waals surface area contributed by atoms with Crippen LogP contribution in [0.2, 0.25) is 0 Å². The Balaban J connectivity index is 1.65. The summed E-state index contributed by atoms with van der Waals surface area (Å²) in [4.78, 5) is 136. The Morgan fingerprint density at radius 1 is 0.627 bits per heavy atom. The molecule has 0 aliphatic rings. The lowest BCUT2D eigenvalue weighted by atomic mass is 10.0. The highest BCUT2D eigenvalue weighted by molar-refractivity contribution is 7.80. The van der Waals surface area contributed by atoms with Gasteiger partial charge in [0, 0.05) is 73.2 Å². The van der Waals surface area contributed by atoms with E-state index in [0.29, 0.717) is 29.7 Å². The maximum Gasteiger partial charge on any atom is 0.327 e. The van der Waals surface area contributed by atoms with Gasteiger partial charge in [-0.05, 0) is 43.4 Å². The number of para-hydroxylation sites is 1. The van der Waals surface area contributed by atoms with Gasteiger partial charge >= 0.3 is 5.97 Å². The number of hydrogen-bond acceptors (Lipinski definition) is 13. The predicted molar refractivity (Wildman–Crippen MR) is 286 cm³/mol. The molecule has 26 heteroatoms. The molecule has 8 amide bonds. The van der Waals surface area contributed by atoms with Crippen molar-refractivity contribution in [3.63, 3.8) is 0 Å². The van der Waals surface area contributed by atoms with E-state index in [1.807, 2.05) is 25.1 Å². The Hall–Kier alpha value is -7.61. The lowest BCUT2D eigenvalue weighted by molar-refractivity contribution is -0.141. The number of unbranched alkanes of at least 4 members (excludes halogenated alkanes) is 1. The summed E-state index contributed by atoms with van der Waals surface area (Å²) in [5.41, 5.74) is 13.5. The Bertz CT molecular complexity index is 2600. The van der Waals surface area contributed by atoms with Crippen molar-refractivity contribution in [1.29, 1.82) is 0 Å². The second-order valence-corrected chi connectivity index (χ2v) is 18.4. The molecule has 0 radical (unpaired) electrons. The number of carbonyl (C=O) groups excluding carboxylic acids is 8. The molecule has 0 aliphatic carbocycles. The number of imidazole rings is 1. The van der Waals surface area contributed by atoms with Crippen LogP contribution in [0.3, 0.4) is 0 Å². The molecule has 2 aromatic heterocycles. The van der Waals surface area contributed by atoms with Gasteiger partial charge < -0.3 is 69.1 Å². The number of nitrogens with two attached hydrogens (primary N) is 2. The monoisotopic (exact) mass is 1080 g/mol. The van der Waals surface area contributed by atoms with Crippen LogP contribution in [0.25, 0.3) is 10.9 Å². The lowest BCUT2D eigenvalue weighted by Gasteiger charge is -2.28. The number of aromatic amines is 2. The van der Waals surface area contributed by atoms with Gasteiger partial charge in [-0.3, -0.25) is 43.3 Å². The predicted octanol–water partition coefficient (Wildman–Crippen LogP) is -0.975. The summed E-state index contributed by atoms with van der Waals surface area (Å²) < 4.78 is 0. The first kappa shape index (κ1) is 59.9. The molecular weight excluding hydrogens is 1010 g/mol. The molecule has 75 heavy (non-hydrogen) atoms. The lowest BCUT2D eigenvalue weighted by Crippen LogP contribution is -2.61. The molecule has 4 aromatic rings. The van der Waals surface area contributed by atoms with Crippen LogP contribution in [0.15, 0.2) is 78.3 Å². The van der Waals surface area contributed by atoms with E-state index in [1.165, 1.54) is 26.4 Å². The number of carboxylic acids is 1. The maximum atomic E-state index is 14.7. The molecule has 15 N–H and O–H groups in total. The standard InChI is InChI=1S/C49H68N14O10S2/c1-4-5-15-34(57-28(3)64)42(66)62-39(24-74)47(71)61-38(21-31-23-52-26-55-31)46(70)59-36(19-29-12-7-6-8-13-29)45(69)58-35(17-11-18-53-49(50)51)43(67)60-37(20-30-22-54-33-16-10-9-14-32(30)33)44(68)56-27(2)41(65)63-40(25-75)48(72)73/h6-10,12-14,16,22-23,26-27,34-40,54,74-75H,4-5,11,15,17-21,24-25H2,1-3H3,(H,52,55)(H,56,68)(H,57,64)(H,58,69)(H,59,70)(H,60,67)(H,61,71)(H,62,66)(H,63,65)(H,72,73)(H4,50,51,53)/t27-,34+,35+,36-,37-,38+,39+,40+/m1/s1. The second kappa shape index (κ2) is 30.6. The third-order valence-electron chi connectivity index (χ3n) is 11.7. The maximum absolute atomic E-state index is 14.7. The number of nitrogens with zero attached hydrogens (tertiary/aromatic N) is 2. The molecule has 0 fully saturated rings. The highest BCUT2D eigenvalue weighted by Crippen LogP contribution is 2.20. The van der Waals surface area contributed by atoms with Crippen molar-refractivity contribution in [3.05, 3.63) is 90.1 Å². The second-order valence-electron chi connectivity index (χ2n) is 17.7. The Kier molecular flexibility index (Phi) is 24.4. The third-order valence-corrected chi connectivity index (χ3v) is 12.5. The molecule has 406 valence electrons. The number of rotatable bonds is 31. The zero-order chi connectivity index (χ0) is 55.0. The number of hydrogen-bond donors (Lipinski definition) is 15. The van der Waals surface area contributed by atoms with Gasteiger partial charge in [-0.1, -0.05) is 68.3 Å². The minimum atomic E-state index is -1.40. The van der Waals surface area contributed by atoms with E-state index in [0.717, 1.165) is 17.3 Å². The molecule has 0 bridgehead atoms. The third kappa shape index (κ3) is 19.6. The fourth-order valence-electron chi connectivity index (χ4n) is 7.73. The first-order chi connectivity index (χ1) is 35.8. The summed E-state index contributed by atoms with van der Waals surface area (Å²) >= 11 is 8.28. The van der Waals surface area contributed by atoms with Crippen molar-refractivity contribution in [2.75, 3.05) is 18.1 Å². The van der Waals surface area contributed by atoms with Crippen LogP contribution in [0, 0.1) is 0 Å². The van der Waals surface area contributed by atoms with Crippen molar-refractivity contribution in [1.82, 2.24) is 57.5 Å². The van der Waals surface area contributed by atoms with Gasteiger partial charge in [0.25, 0.3) is 0 Å². The van der Waals surface area contributed by atoms with Crippen LogP contribution in [0.4, 0.5) is 0 Å². The van der Waals surface area contributed by atoms with E-state index in [4.69, 9.17) is 11.5 Å². The van der Waals surface area contributed by atoms with Gasteiger partial charge in [0.15, 0.2) is 5.96 Å². The van der Waals surface area contributed by atoms with Gasteiger partial charge in [-0.15, -0.1) is 0 Å². The SMILES string of the molecule is CCCC[C@H](NC(C)=O)C(=O)N[C@@H](CS)C(=O)N[C@@H](Cc1cnc[nH]1)C(=O)N[C@H](Cc1ccccc1)C(=O)N[C@@H](CCCN=C(N)N)C(=O)N[C@H](Cc1c[nH]c2ccccc12)C(=O)N[C@H](C)C(=O)N[C@@H](CS)C(=O)O. The van der Waals surface area contributed by atoms with Crippen molar-refractivity contribution < 1.29 is 48.3 Å². The van der Waals surface area contributed by atoms with Crippen LogP contribution in [-0.4, -0.2) is 146 Å². The molecular formula is C49H68N14O10S2. The van der Waals surface area contributed by atoms with E-state index in [1.54, 1.807) is 42.6 Å². The van der Waals surface area contributed by atoms with Crippen LogP contribution in [-0.2, 0) is 62.4 Å². The number of nitrogens with one attached hydrogen (secondary N) is 10. The van der Waals surface area contributed by atoms with Crippen LogP contribution in [0.1, 0.15) is 69.7 Å². The highest BCUT2D eigenvalue weighted by Gasteiger charge is 2.35. The summed E-state index contributed by atoms with van der Waals surface area (Å²) in [6.45, 7) is 4.57. The molecule has 4 rings (SSSR count). The van der Waals surface area contributed by atoms with Gasteiger partial charge in [0.05, 0.1) is 6.33 Å². The Morgan fingerprint density at radius 3 is 1.73 bits per heavy atom. The fraction of sp³-hybridized carbons (Fsp3) is 0.449. The molecule has 0 unspecified atom stereocenters. The molecule has 0 aliphatic heterocycles. The average Bonchev–Trinajstić information content (AvgIpc) is 4.06. The van der Waals surface area contributed by atoms with Crippen molar-refractivity contribution in [2.24, 2.45) is 16.5 Å². The number of fused-ring (bicyclic) bond motifs is 1. The topological polar surface area (TPSA) is 379 Å². The molecule has 8 atom stereocenters. The average molecular weight is 1080 g/mol. The zero-order valence-corrected chi connectivity index (χ0v) is 43.7. The van der Waals surface area contributed by atoms with Gasteiger partial charge in [-0.25, -0.2) is 9.78 Å². The summed E-state index contributed by atoms with van der Waals surface area (Å²) in [5, 5.41) is 31.2. The van der Waals surface area contributed by atoms with Crippen LogP contribution < -0.4 is 54.0 Å². The quantitative estimate of drug-likeness (QED) is 0.0125. The number of amides is 8. The van der Waals surface area contributed by atoms with Crippen molar-refractivity contribution in [2.45, 2.75) is 120 Å². The van der Waals surface area contributed by atoms with Crippen LogP contribution >= 0.6 is 25.3 Å². The highest BCUT2D eigenvalue weighted by atomic mass is 32.1.